The number of hydrogen-bond acceptors (Lipinski definition) is 4. The molecule has 0 saturated heterocycles. The summed E-state index contributed by atoms with van der Waals surface area (Å²) in [4.78, 5) is 20.7. The van der Waals surface area contributed by atoms with Gasteiger partial charge in [-0.05, 0) is 13.3 Å². The van der Waals surface area contributed by atoms with E-state index < -0.39 is 13.9 Å². The van der Waals surface area contributed by atoms with E-state index in [1.807, 2.05) is 0 Å². The Labute approximate surface area is 118 Å². The smallest absolute Gasteiger partial charge is 0.0600 e. The maximum absolute atomic E-state index is 10.4. The van der Waals surface area contributed by atoms with Gasteiger partial charge in [0.05, 0.1) is 13.9 Å². The van der Waals surface area contributed by atoms with Crippen molar-refractivity contribution in [1.29, 1.82) is 0 Å². The molecule has 0 amide bonds. The third kappa shape index (κ3) is 16.1. The molecule has 19 heavy (non-hydrogen) atoms. The van der Waals surface area contributed by atoms with Crippen LogP contribution in [0.15, 0.2) is 0 Å². The predicted octanol–water partition coefficient (Wildman–Crippen LogP) is 3.53. The second-order valence-corrected chi connectivity index (χ2v) is 6.44. The lowest BCUT2D eigenvalue weighted by Gasteiger charge is -2.32. The fraction of sp³-hybridized carbons (Fsp3) is 1.00. The molecule has 4 nitrogen and oxygen atoms in total. The lowest BCUT2D eigenvalue weighted by Crippen LogP contribution is -2.21. The van der Waals surface area contributed by atoms with E-state index in [2.05, 4.69) is 11.4 Å². The summed E-state index contributed by atoms with van der Waals surface area (Å²) in [5, 5.41) is 0. The Kier molecular flexibility index (Phi) is 12.0. The molecule has 0 aliphatic rings. The van der Waals surface area contributed by atoms with Crippen molar-refractivity contribution < 1.29 is 18.9 Å². The van der Waals surface area contributed by atoms with Gasteiger partial charge in [-0.2, -0.15) is 0 Å². The van der Waals surface area contributed by atoms with Crippen LogP contribution in [0.2, 0.25) is 0 Å². The maximum Gasteiger partial charge on any atom is 0.0600 e. The Morgan fingerprint density at radius 3 is 1.74 bits per heavy atom. The third-order valence-corrected chi connectivity index (χ3v) is 3.89. The van der Waals surface area contributed by atoms with Crippen molar-refractivity contribution >= 4 is 7.82 Å². The Bertz CT molecular complexity index is 240. The molecule has 0 aromatic carbocycles. The second-order valence-electron chi connectivity index (χ2n) is 5.33. The van der Waals surface area contributed by atoms with Crippen LogP contribution in [0, 0.1) is 0 Å². The molecular weight excluding hydrogens is 263 g/mol. The molecule has 0 bridgehead atoms. The average molecular weight is 292 g/mol. The summed E-state index contributed by atoms with van der Waals surface area (Å²) in [5.74, 6) is 0. The van der Waals surface area contributed by atoms with Gasteiger partial charge in [-0.3, -0.25) is 0 Å². The summed E-state index contributed by atoms with van der Waals surface area (Å²) in [5.41, 5.74) is 0. The first kappa shape index (κ1) is 19.1. The first-order chi connectivity index (χ1) is 8.95. The lowest BCUT2D eigenvalue weighted by molar-refractivity contribution is -0.344. The molecule has 0 radical (unpaired) electrons. The van der Waals surface area contributed by atoms with E-state index in [0.29, 0.717) is 6.42 Å². The lowest BCUT2D eigenvalue weighted by atomic mass is 10.1. The minimum absolute atomic E-state index is 0.477. The van der Waals surface area contributed by atoms with E-state index in [1.54, 1.807) is 6.92 Å². The molecule has 0 aromatic heterocycles. The van der Waals surface area contributed by atoms with E-state index in [1.165, 1.54) is 51.4 Å². The predicted molar refractivity (Wildman–Crippen MR) is 74.6 cm³/mol. The van der Waals surface area contributed by atoms with E-state index in [9.17, 15) is 14.4 Å². The largest absolute Gasteiger partial charge is 0.790 e. The highest BCUT2D eigenvalue weighted by Gasteiger charge is 2.03. The van der Waals surface area contributed by atoms with E-state index in [4.69, 9.17) is 0 Å². The molecule has 116 valence electrons. The highest BCUT2D eigenvalue weighted by atomic mass is 31.2. The summed E-state index contributed by atoms with van der Waals surface area (Å²) in [6.45, 7) is 3.86. The van der Waals surface area contributed by atoms with Crippen LogP contribution in [0.5, 0.6) is 0 Å². The Balaban J connectivity index is 3.20. The zero-order valence-corrected chi connectivity index (χ0v) is 13.3. The standard InChI is InChI=1S/C14H31O4P/c1-3-4-5-6-7-8-9-10-11-12-13-14(2)18-19(15,16)17/h14H,3-13H2,1-2H3,(H2,15,16,17)/p-2. The molecule has 0 saturated carbocycles. The van der Waals surface area contributed by atoms with Gasteiger partial charge in [0, 0.05) is 0 Å². The molecule has 0 aliphatic carbocycles. The fourth-order valence-electron chi connectivity index (χ4n) is 2.19. The molecule has 0 N–H and O–H groups in total. The van der Waals surface area contributed by atoms with Crippen molar-refractivity contribution in [3.8, 4) is 0 Å². The quantitative estimate of drug-likeness (QED) is 0.384. The van der Waals surface area contributed by atoms with Crippen molar-refractivity contribution in [2.24, 2.45) is 0 Å². The van der Waals surface area contributed by atoms with Crippen molar-refractivity contribution in [2.75, 3.05) is 0 Å². The molecule has 0 heterocycles. The topological polar surface area (TPSA) is 72.4 Å². The highest BCUT2D eigenvalue weighted by molar-refractivity contribution is 7.43. The summed E-state index contributed by atoms with van der Waals surface area (Å²) in [7, 11) is -4.80. The molecule has 5 heteroatoms. The van der Waals surface area contributed by atoms with Gasteiger partial charge < -0.3 is 18.9 Å². The van der Waals surface area contributed by atoms with Crippen LogP contribution in [-0.4, -0.2) is 6.10 Å². The number of phosphoric acid groups is 1. The first-order valence-electron chi connectivity index (χ1n) is 7.66. The van der Waals surface area contributed by atoms with Crippen molar-refractivity contribution in [1.82, 2.24) is 0 Å². The minimum atomic E-state index is -4.80. The number of hydrogen-bond donors (Lipinski definition) is 0. The van der Waals surface area contributed by atoms with Crippen molar-refractivity contribution in [3.63, 3.8) is 0 Å². The van der Waals surface area contributed by atoms with Gasteiger partial charge in [0.2, 0.25) is 0 Å². The van der Waals surface area contributed by atoms with Crippen LogP contribution < -0.4 is 9.79 Å². The number of rotatable bonds is 13. The number of phosphoric ester groups is 1. The fourth-order valence-corrected chi connectivity index (χ4v) is 2.74. The SMILES string of the molecule is CCCCCCCCCCCCC(C)OP(=O)([O-])[O-]. The Hall–Kier alpha value is 0.110. The van der Waals surface area contributed by atoms with Crippen LogP contribution in [0.4, 0.5) is 0 Å². The van der Waals surface area contributed by atoms with Crippen LogP contribution in [-0.2, 0) is 9.09 Å². The zero-order valence-electron chi connectivity index (χ0n) is 12.4. The van der Waals surface area contributed by atoms with Gasteiger partial charge in [0.25, 0.3) is 0 Å². The van der Waals surface area contributed by atoms with Gasteiger partial charge in [0.1, 0.15) is 0 Å². The summed E-state index contributed by atoms with van der Waals surface area (Å²) in [6, 6.07) is 0. The normalized spacial score (nSPS) is 13.7. The van der Waals surface area contributed by atoms with Crippen LogP contribution in [0.3, 0.4) is 0 Å². The molecule has 0 rings (SSSR count). The van der Waals surface area contributed by atoms with Crippen molar-refractivity contribution in [2.45, 2.75) is 90.6 Å². The summed E-state index contributed by atoms with van der Waals surface area (Å²) < 4.78 is 14.7. The number of unbranched alkanes of at least 4 members (excludes halogenated alkanes) is 9. The average Bonchev–Trinajstić information content (AvgIpc) is 2.29. The van der Waals surface area contributed by atoms with E-state index in [-0.39, 0.29) is 0 Å². The minimum Gasteiger partial charge on any atom is -0.790 e. The Morgan fingerprint density at radius 1 is 0.895 bits per heavy atom. The molecule has 1 unspecified atom stereocenters. The molecule has 0 aromatic rings. The van der Waals surface area contributed by atoms with Crippen LogP contribution in [0.1, 0.15) is 84.5 Å². The van der Waals surface area contributed by atoms with E-state index >= 15 is 0 Å². The van der Waals surface area contributed by atoms with Gasteiger partial charge in [-0.1, -0.05) is 71.1 Å². The molecule has 0 fully saturated rings. The van der Waals surface area contributed by atoms with Gasteiger partial charge >= 0.3 is 0 Å². The van der Waals surface area contributed by atoms with E-state index in [0.717, 1.165) is 12.8 Å². The van der Waals surface area contributed by atoms with Crippen LogP contribution >= 0.6 is 7.82 Å². The molecule has 0 spiro atoms. The van der Waals surface area contributed by atoms with Gasteiger partial charge in [-0.25, -0.2) is 0 Å². The molecule has 0 aliphatic heterocycles. The zero-order chi connectivity index (χ0) is 14.6. The molecule has 1 atom stereocenters. The monoisotopic (exact) mass is 292 g/mol. The second kappa shape index (κ2) is 11.9. The summed E-state index contributed by atoms with van der Waals surface area (Å²) >= 11 is 0. The van der Waals surface area contributed by atoms with Gasteiger partial charge in [0.15, 0.2) is 0 Å². The Morgan fingerprint density at radius 2 is 1.32 bits per heavy atom. The molecular formula is C14H29O4P-2. The third-order valence-electron chi connectivity index (χ3n) is 3.27. The van der Waals surface area contributed by atoms with Crippen LogP contribution in [0.25, 0.3) is 0 Å². The van der Waals surface area contributed by atoms with Crippen molar-refractivity contribution in [3.05, 3.63) is 0 Å². The summed E-state index contributed by atoms with van der Waals surface area (Å²) in [6.07, 6.45) is 12.6. The highest BCUT2D eigenvalue weighted by Crippen LogP contribution is 2.28. The maximum atomic E-state index is 10.4. The van der Waals surface area contributed by atoms with Gasteiger partial charge in [-0.15, -0.1) is 0 Å². The first-order valence-corrected chi connectivity index (χ1v) is 9.12.